The number of benzene rings is 1. The monoisotopic (exact) mass is 504 g/mol. The molecule has 0 bridgehead atoms. The predicted molar refractivity (Wildman–Crippen MR) is 118 cm³/mol. The van der Waals surface area contributed by atoms with Crippen molar-refractivity contribution < 1.29 is 62.0 Å². The van der Waals surface area contributed by atoms with Gasteiger partial charge in [-0.2, -0.15) is 0 Å². The number of amides is 1. The van der Waals surface area contributed by atoms with Crippen LogP contribution < -0.4 is 39.2 Å². The second kappa shape index (κ2) is 11.0. The van der Waals surface area contributed by atoms with Gasteiger partial charge in [0.15, 0.2) is 5.75 Å². The molecule has 1 N–H and O–H groups in total. The summed E-state index contributed by atoms with van der Waals surface area (Å²) in [6, 6.07) is 7.01. The number of anilines is 1. The Morgan fingerprint density at radius 3 is 2.66 bits per heavy atom. The zero-order valence-corrected chi connectivity index (χ0v) is 21.6. The van der Waals surface area contributed by atoms with Gasteiger partial charge in [-0.1, -0.05) is 42.2 Å². The number of carboxylic acid groups (broad SMARTS) is 1. The molecule has 0 radical (unpaired) electrons. The summed E-state index contributed by atoms with van der Waals surface area (Å²) < 4.78 is 39.1. The molecule has 2 aliphatic rings. The van der Waals surface area contributed by atoms with E-state index < -0.39 is 34.3 Å². The van der Waals surface area contributed by atoms with Gasteiger partial charge in [-0.25, -0.2) is 8.42 Å². The summed E-state index contributed by atoms with van der Waals surface area (Å²) in [4.78, 5) is 26.1. The summed E-state index contributed by atoms with van der Waals surface area (Å²) >= 11 is 6.08. The van der Waals surface area contributed by atoms with E-state index in [9.17, 15) is 22.6 Å². The molecule has 0 atom stereocenters. The fraction of sp³-hybridized carbons (Fsp3) is 0.211. The molecule has 1 aromatic rings. The first-order valence-electron chi connectivity index (χ1n) is 8.89. The van der Waals surface area contributed by atoms with E-state index in [1.807, 2.05) is 0 Å². The van der Waals surface area contributed by atoms with E-state index in [2.05, 4.69) is 0 Å². The Morgan fingerprint density at radius 2 is 2.00 bits per heavy atom. The molecule has 32 heavy (non-hydrogen) atoms. The predicted octanol–water partition coefficient (Wildman–Crippen LogP) is -0.949. The molecular weight excluding hydrogens is 487 g/mol. The number of carboxylic acids is 1. The third-order valence-electron chi connectivity index (χ3n) is 4.22. The minimum absolute atomic E-state index is 0. The zero-order valence-electron chi connectivity index (χ0n) is 17.2. The Labute approximate surface area is 216 Å². The van der Waals surface area contributed by atoms with Crippen molar-refractivity contribution in [1.82, 2.24) is 4.90 Å². The van der Waals surface area contributed by atoms with Gasteiger partial charge in [0.2, 0.25) is 5.88 Å². The molecule has 0 unspecified atom stereocenters. The number of rotatable bonds is 7. The molecule has 2 aliphatic heterocycles. The van der Waals surface area contributed by atoms with Crippen molar-refractivity contribution in [3.8, 4) is 5.75 Å². The largest absolute Gasteiger partial charge is 1.00 e. The van der Waals surface area contributed by atoms with E-state index >= 15 is 0 Å². The number of ether oxygens (including phenoxy) is 1. The molecule has 0 spiro atoms. The normalized spacial score (nSPS) is 18.8. The zero-order chi connectivity index (χ0) is 22.8. The van der Waals surface area contributed by atoms with Crippen LogP contribution in [0, 0.1) is 0 Å². The Bertz CT molecular complexity index is 1150. The number of nitrogens with zero attached hydrogens (tertiary/aromatic N) is 2. The van der Waals surface area contributed by atoms with Crippen LogP contribution in [0.5, 0.6) is 5.75 Å². The molecule has 0 saturated carbocycles. The minimum atomic E-state index is -4.41. The van der Waals surface area contributed by atoms with Crippen LogP contribution in [-0.4, -0.2) is 58.0 Å². The average Bonchev–Trinajstić information content (AvgIpc) is 3.16. The van der Waals surface area contributed by atoms with Gasteiger partial charge in [-0.05, 0) is 36.8 Å². The molecule has 2 heterocycles. The maximum atomic E-state index is 12.4. The van der Waals surface area contributed by atoms with Gasteiger partial charge in [0.1, 0.15) is 10.9 Å². The third kappa shape index (κ3) is 6.67. The van der Waals surface area contributed by atoms with Gasteiger partial charge in [-0.3, -0.25) is 14.5 Å². The molecular formula is C19H17N2NaO7S3. The van der Waals surface area contributed by atoms with Crippen LogP contribution in [0.3, 0.4) is 0 Å². The van der Waals surface area contributed by atoms with Crippen LogP contribution in [0.2, 0.25) is 0 Å². The van der Waals surface area contributed by atoms with Crippen LogP contribution in [0.4, 0.5) is 5.69 Å². The van der Waals surface area contributed by atoms with Crippen LogP contribution >= 0.6 is 24.0 Å². The van der Waals surface area contributed by atoms with Crippen LogP contribution in [0.1, 0.15) is 6.92 Å². The second-order valence-corrected chi connectivity index (χ2v) is 9.76. The number of allylic oxidation sites excluding steroid dienone is 4. The summed E-state index contributed by atoms with van der Waals surface area (Å²) in [7, 11) is -4.41. The number of hydrogen-bond donors (Lipinski definition) is 1. The summed E-state index contributed by atoms with van der Waals surface area (Å²) in [6.07, 6.45) is 4.83. The number of carbonyl (C=O) groups excluding carboxylic acids is 1. The number of carbonyl (C=O) groups is 2. The van der Waals surface area contributed by atoms with Crippen molar-refractivity contribution in [3.05, 3.63) is 58.9 Å². The van der Waals surface area contributed by atoms with Crippen molar-refractivity contribution in [2.45, 2.75) is 6.92 Å². The molecule has 1 fully saturated rings. The van der Waals surface area contributed by atoms with Crippen LogP contribution in [0.15, 0.2) is 58.9 Å². The molecule has 1 saturated heterocycles. The SMILES string of the molecule is CC(=CC=C1Oc2ccccc2N1CCS(=O)(=O)[O-])C=C1SC(=S)N(CC(=O)O)C1=O.[Na+]. The van der Waals surface area contributed by atoms with Crippen molar-refractivity contribution in [1.29, 1.82) is 0 Å². The molecule has 1 amide bonds. The van der Waals surface area contributed by atoms with Gasteiger partial charge in [0.05, 0.1) is 26.5 Å². The van der Waals surface area contributed by atoms with Crippen molar-refractivity contribution in [2.75, 3.05) is 23.7 Å². The fourth-order valence-corrected chi connectivity index (χ4v) is 4.55. The number of aliphatic carboxylic acids is 1. The number of hydrogen-bond acceptors (Lipinski definition) is 9. The topological polar surface area (TPSA) is 127 Å². The molecule has 0 aliphatic carbocycles. The van der Waals surface area contributed by atoms with E-state index in [1.165, 1.54) is 0 Å². The van der Waals surface area contributed by atoms with E-state index in [1.54, 1.807) is 54.3 Å². The number of fused-ring (bicyclic) bond motifs is 1. The van der Waals surface area contributed by atoms with Gasteiger partial charge in [-0.15, -0.1) is 0 Å². The molecule has 0 aromatic heterocycles. The second-order valence-electron chi connectivity index (χ2n) is 6.56. The van der Waals surface area contributed by atoms with Crippen LogP contribution in [0.25, 0.3) is 0 Å². The van der Waals surface area contributed by atoms with Gasteiger partial charge >= 0.3 is 35.5 Å². The maximum absolute atomic E-state index is 12.4. The first kappa shape index (κ1) is 26.6. The summed E-state index contributed by atoms with van der Waals surface area (Å²) in [5.41, 5.74) is 1.29. The van der Waals surface area contributed by atoms with Crippen molar-refractivity contribution in [3.63, 3.8) is 0 Å². The van der Waals surface area contributed by atoms with Crippen molar-refractivity contribution in [2.24, 2.45) is 0 Å². The van der Waals surface area contributed by atoms with E-state index in [-0.39, 0.29) is 40.4 Å². The quantitative estimate of drug-likeness (QED) is 0.215. The van der Waals surface area contributed by atoms with Gasteiger partial charge < -0.3 is 19.3 Å². The number of thiocarbonyl (C=S) groups is 1. The first-order chi connectivity index (χ1) is 14.5. The maximum Gasteiger partial charge on any atom is 1.00 e. The Morgan fingerprint density at radius 1 is 1.31 bits per heavy atom. The fourth-order valence-electron chi connectivity index (χ4n) is 2.84. The summed E-state index contributed by atoms with van der Waals surface area (Å²) in [5, 5.41) is 8.90. The Kier molecular flexibility index (Phi) is 9.11. The molecule has 13 heteroatoms. The molecule has 3 rings (SSSR count). The molecule has 1 aromatic carbocycles. The van der Waals surface area contributed by atoms with E-state index in [0.29, 0.717) is 27.8 Å². The number of para-hydroxylation sites is 2. The summed E-state index contributed by atoms with van der Waals surface area (Å²) in [6.45, 7) is 1.16. The first-order valence-corrected chi connectivity index (χ1v) is 11.7. The standard InChI is InChI=1S/C19H18N2O7S3.Na/c1-12(10-15-18(24)21(11-17(22)23)19(29)30-15)6-7-16-20(8-9-31(25,26)27)13-4-2-3-5-14(13)28-16;/h2-7,10H,8-9,11H2,1H3,(H,22,23)(H,25,26,27);/q;+1/p-1. The van der Waals surface area contributed by atoms with E-state index in [0.717, 1.165) is 16.7 Å². The van der Waals surface area contributed by atoms with Gasteiger partial charge in [0.25, 0.3) is 5.91 Å². The smallest absolute Gasteiger partial charge is 0.748 e. The van der Waals surface area contributed by atoms with E-state index in [4.69, 9.17) is 22.1 Å². The molecule has 164 valence electrons. The third-order valence-corrected chi connectivity index (χ3v) is 6.28. The summed E-state index contributed by atoms with van der Waals surface area (Å²) in [5.74, 6) is -1.37. The number of thioether (sulfide) groups is 1. The van der Waals surface area contributed by atoms with Crippen LogP contribution in [-0.2, 0) is 19.7 Å². The van der Waals surface area contributed by atoms with Gasteiger partial charge in [0, 0.05) is 6.54 Å². The average molecular weight is 505 g/mol. The molecule has 9 nitrogen and oxygen atoms in total. The Hall–Kier alpha value is -1.67. The van der Waals surface area contributed by atoms with Crippen molar-refractivity contribution >= 4 is 56.0 Å². The minimum Gasteiger partial charge on any atom is -0.748 e. The Balaban J connectivity index is 0.00000363.